The van der Waals surface area contributed by atoms with Crippen molar-refractivity contribution in [3.05, 3.63) is 108 Å². The van der Waals surface area contributed by atoms with Crippen molar-refractivity contribution in [2.45, 2.75) is 51.5 Å². The van der Waals surface area contributed by atoms with Gasteiger partial charge in [-0.1, -0.05) is 91.0 Å². The number of nitrogens with one attached hydrogen (secondary N) is 1. The number of fused-ring (bicyclic) bond motifs is 4. The molecule has 3 aliphatic rings. The number of carbonyl (C=O) groups is 4. The van der Waals surface area contributed by atoms with Crippen LogP contribution >= 0.6 is 0 Å². The number of hydrogen-bond acceptors (Lipinski definition) is 8. The third-order valence-corrected chi connectivity index (χ3v) is 8.18. The van der Waals surface area contributed by atoms with Crippen molar-refractivity contribution in [2.75, 3.05) is 6.79 Å². The van der Waals surface area contributed by atoms with Gasteiger partial charge in [-0.3, -0.25) is 9.59 Å². The van der Waals surface area contributed by atoms with Crippen LogP contribution in [-0.2, 0) is 36.9 Å². The van der Waals surface area contributed by atoms with Gasteiger partial charge < -0.3 is 24.3 Å². The first-order chi connectivity index (χ1) is 22.7. The number of amides is 3. The minimum atomic E-state index is -1.73. The maximum Gasteiger partial charge on any atom is 0.408 e. The molecule has 1 N–H and O–H groups in total. The molecule has 0 radical (unpaired) electrons. The van der Waals surface area contributed by atoms with Gasteiger partial charge in [0.2, 0.25) is 18.6 Å². The first kappa shape index (κ1) is 31.3. The molecule has 7 rings (SSSR count). The van der Waals surface area contributed by atoms with Crippen molar-refractivity contribution in [2.24, 2.45) is 0 Å². The van der Waals surface area contributed by atoms with E-state index in [1.807, 2.05) is 91.0 Å². The zero-order chi connectivity index (χ0) is 33.0. The van der Waals surface area contributed by atoms with Crippen LogP contribution in [0.2, 0.25) is 0 Å². The van der Waals surface area contributed by atoms with Gasteiger partial charge in [-0.25, -0.2) is 14.5 Å². The highest BCUT2D eigenvalue weighted by atomic mass is 16.7. The Kier molecular flexibility index (Phi) is 8.92. The van der Waals surface area contributed by atoms with Crippen molar-refractivity contribution < 1.29 is 38.1 Å². The zero-order valence-electron chi connectivity index (χ0n) is 26.1. The third-order valence-electron chi connectivity index (χ3n) is 8.18. The third kappa shape index (κ3) is 6.67. The summed E-state index contributed by atoms with van der Waals surface area (Å²) in [6.07, 6.45) is -2.05. The quantitative estimate of drug-likeness (QED) is 0.166. The summed E-state index contributed by atoms with van der Waals surface area (Å²) in [7, 11) is 0. The van der Waals surface area contributed by atoms with Crippen LogP contribution in [0, 0.1) is 0 Å². The summed E-state index contributed by atoms with van der Waals surface area (Å²) in [6, 6.07) is 30.4. The Labute approximate surface area is 272 Å². The largest absolute Gasteiger partial charge is 0.457 e. The number of benzene rings is 4. The smallest absolute Gasteiger partial charge is 0.408 e. The second-order valence-corrected chi connectivity index (χ2v) is 11.6. The van der Waals surface area contributed by atoms with Crippen molar-refractivity contribution in [1.82, 2.24) is 10.2 Å². The van der Waals surface area contributed by atoms with E-state index in [0.29, 0.717) is 17.1 Å². The van der Waals surface area contributed by atoms with E-state index in [1.54, 1.807) is 6.07 Å². The number of rotatable bonds is 10. The number of imide groups is 1. The number of ether oxygens (including phenoxy) is 4. The molecule has 240 valence electrons. The minimum Gasteiger partial charge on any atom is -0.457 e. The summed E-state index contributed by atoms with van der Waals surface area (Å²) >= 11 is 0. The Bertz CT molecular complexity index is 1780. The van der Waals surface area contributed by atoms with Gasteiger partial charge in [-0.15, -0.1) is 0 Å². The Balaban J connectivity index is 1.38. The lowest BCUT2D eigenvalue weighted by atomic mass is 9.86. The molecular formula is C37H34N2O8. The Morgan fingerprint density at radius 2 is 1.43 bits per heavy atom. The van der Waals surface area contributed by atoms with Gasteiger partial charge in [0.25, 0.3) is 0 Å². The lowest BCUT2D eigenvalue weighted by molar-refractivity contribution is -0.170. The van der Waals surface area contributed by atoms with E-state index >= 15 is 0 Å². The number of likely N-dealkylation sites (tertiary alicyclic amines) is 1. The first-order valence-electron chi connectivity index (χ1n) is 15.3. The van der Waals surface area contributed by atoms with Crippen molar-refractivity contribution >= 4 is 23.9 Å². The molecule has 0 spiro atoms. The second kappa shape index (κ2) is 13.4. The molecule has 0 aromatic heterocycles. The lowest BCUT2D eigenvalue weighted by Crippen LogP contribution is -2.56. The Morgan fingerprint density at radius 3 is 2.04 bits per heavy atom. The highest BCUT2D eigenvalue weighted by Crippen LogP contribution is 2.49. The molecule has 3 aliphatic heterocycles. The molecule has 1 unspecified atom stereocenters. The molecule has 0 aliphatic carbocycles. The minimum absolute atomic E-state index is 0.0265. The summed E-state index contributed by atoms with van der Waals surface area (Å²) in [6.45, 7) is 2.86. The molecule has 1 saturated heterocycles. The number of esters is 1. The molecule has 2 bridgehead atoms. The van der Waals surface area contributed by atoms with E-state index in [4.69, 9.17) is 18.9 Å². The van der Waals surface area contributed by atoms with Gasteiger partial charge in [-0.2, -0.15) is 0 Å². The summed E-state index contributed by atoms with van der Waals surface area (Å²) in [5.74, 6) is -0.711. The van der Waals surface area contributed by atoms with Crippen molar-refractivity contribution in [3.63, 3.8) is 0 Å². The van der Waals surface area contributed by atoms with E-state index in [0.717, 1.165) is 32.7 Å². The number of hydrogen-bond donors (Lipinski definition) is 1. The molecule has 47 heavy (non-hydrogen) atoms. The van der Waals surface area contributed by atoms with Crippen molar-refractivity contribution in [3.8, 4) is 33.8 Å². The maximum absolute atomic E-state index is 14.0. The van der Waals surface area contributed by atoms with Crippen LogP contribution in [-0.4, -0.2) is 47.3 Å². The van der Waals surface area contributed by atoms with E-state index in [9.17, 15) is 19.2 Å². The molecule has 10 nitrogen and oxygen atoms in total. The molecule has 4 aromatic rings. The molecule has 1 fully saturated rings. The van der Waals surface area contributed by atoms with Crippen LogP contribution in [0.15, 0.2) is 97.1 Å². The average Bonchev–Trinajstić information content (AvgIpc) is 3.21. The van der Waals surface area contributed by atoms with Crippen LogP contribution in [0.5, 0.6) is 11.5 Å². The normalized spacial score (nSPS) is 15.6. The van der Waals surface area contributed by atoms with Crippen LogP contribution in [0.25, 0.3) is 22.3 Å². The number of carbonyl (C=O) groups excluding carboxylic acids is 4. The standard InChI is InChI=1S/C37H34N2O8/c1-24(39-30(40)18-19-31(39)41)47-35(42)37(2,38-36(43)44-22-25-12-6-3-7-13-25)21-28-20-29-32(26-14-8-4-9-15-26)33(34(28)46-23-45-29)27-16-10-5-11-17-27/h3-17,20,24H,18-19,21-23H2,1-2H3,(H,38,43)/t24?,37-/m0/s1. The first-order valence-corrected chi connectivity index (χ1v) is 15.3. The van der Waals surface area contributed by atoms with E-state index in [1.165, 1.54) is 13.8 Å². The summed E-state index contributed by atoms with van der Waals surface area (Å²) in [5, 5.41) is 2.71. The monoisotopic (exact) mass is 634 g/mol. The highest BCUT2D eigenvalue weighted by molar-refractivity contribution is 6.02. The maximum atomic E-state index is 14.0. The second-order valence-electron chi connectivity index (χ2n) is 11.6. The summed E-state index contributed by atoms with van der Waals surface area (Å²) in [5.41, 5.74) is 2.99. The zero-order valence-corrected chi connectivity index (χ0v) is 26.1. The van der Waals surface area contributed by atoms with Crippen LogP contribution in [0.3, 0.4) is 0 Å². The molecular weight excluding hydrogens is 600 g/mol. The van der Waals surface area contributed by atoms with Gasteiger partial charge in [0.1, 0.15) is 23.6 Å². The lowest BCUT2D eigenvalue weighted by Gasteiger charge is -2.32. The predicted molar refractivity (Wildman–Crippen MR) is 172 cm³/mol. The van der Waals surface area contributed by atoms with E-state index < -0.39 is 35.6 Å². The molecule has 10 heteroatoms. The average molecular weight is 635 g/mol. The van der Waals surface area contributed by atoms with Gasteiger partial charge >= 0.3 is 12.1 Å². The number of nitrogens with zero attached hydrogens (tertiary/aromatic N) is 1. The summed E-state index contributed by atoms with van der Waals surface area (Å²) in [4.78, 5) is 52.9. The molecule has 0 saturated carbocycles. The molecule has 3 heterocycles. The molecule has 3 amide bonds. The predicted octanol–water partition coefficient (Wildman–Crippen LogP) is 6.02. The SMILES string of the molecule is CC(OC(=O)[C@](C)(Cc1cc2c(-c3ccccc3)c(-c3ccccc3)c1OCO2)NC(=O)OCc1ccccc1)N1C(=O)CCC1=O. The van der Waals surface area contributed by atoms with Gasteiger partial charge in [0, 0.05) is 36.0 Å². The van der Waals surface area contributed by atoms with E-state index in [2.05, 4.69) is 5.32 Å². The summed E-state index contributed by atoms with van der Waals surface area (Å²) < 4.78 is 23.5. The van der Waals surface area contributed by atoms with Gasteiger partial charge in [-0.05, 0) is 36.6 Å². The Morgan fingerprint density at radius 1 is 0.851 bits per heavy atom. The van der Waals surface area contributed by atoms with Crippen LogP contribution in [0.4, 0.5) is 4.79 Å². The van der Waals surface area contributed by atoms with Crippen LogP contribution in [0.1, 0.15) is 37.8 Å². The fourth-order valence-corrected chi connectivity index (χ4v) is 5.90. The van der Waals surface area contributed by atoms with Gasteiger partial charge in [0.15, 0.2) is 6.23 Å². The van der Waals surface area contributed by atoms with Crippen molar-refractivity contribution in [1.29, 1.82) is 0 Å². The van der Waals surface area contributed by atoms with Gasteiger partial charge in [0.05, 0.1) is 0 Å². The molecule has 4 aromatic carbocycles. The topological polar surface area (TPSA) is 120 Å². The number of alkyl carbamates (subject to hydrolysis) is 1. The molecule has 2 atom stereocenters. The van der Waals surface area contributed by atoms with Crippen LogP contribution < -0.4 is 14.8 Å². The fourth-order valence-electron chi connectivity index (χ4n) is 5.90. The Hall–Kier alpha value is -5.64. The highest BCUT2D eigenvalue weighted by Gasteiger charge is 2.43. The fraction of sp³-hybridized carbons (Fsp3) is 0.243. The van der Waals surface area contributed by atoms with E-state index in [-0.39, 0.29) is 32.7 Å².